The average molecular weight is 470 g/mol. The normalized spacial score (nSPS) is 11.0. The van der Waals surface area contributed by atoms with E-state index in [4.69, 9.17) is 4.74 Å². The number of nitrogens with zero attached hydrogens (tertiary/aromatic N) is 4. The van der Waals surface area contributed by atoms with Crippen molar-refractivity contribution in [2.45, 2.75) is 45.4 Å². The molecular weight excluding hydrogens is 442 g/mol. The maximum Gasteiger partial charge on any atom is 0.269 e. The van der Waals surface area contributed by atoms with Gasteiger partial charge in [0.05, 0.1) is 10.7 Å². The second kappa shape index (κ2) is 10.5. The number of benzene rings is 2. The highest BCUT2D eigenvalue weighted by molar-refractivity contribution is 7.99. The second-order valence-corrected chi connectivity index (χ2v) is 8.98. The van der Waals surface area contributed by atoms with Crippen LogP contribution in [0.5, 0.6) is 5.75 Å². The number of non-ortho nitro benzene ring substituents is 1. The number of aromatic nitrogens is 3. The number of hydrogen-bond donors (Lipinski definition) is 1. The lowest BCUT2D eigenvalue weighted by molar-refractivity contribution is -0.384. The van der Waals surface area contributed by atoms with Crippen molar-refractivity contribution in [2.24, 2.45) is 7.05 Å². The molecule has 3 aromatic rings. The summed E-state index contributed by atoms with van der Waals surface area (Å²) in [5, 5.41) is 22.6. The van der Waals surface area contributed by atoms with Crippen LogP contribution in [0.15, 0.2) is 41.6 Å². The number of aryl methyl sites for hydroxylation is 2. The Balaban J connectivity index is 1.59. The van der Waals surface area contributed by atoms with Crippen LogP contribution < -0.4 is 10.1 Å². The Labute approximate surface area is 196 Å². The summed E-state index contributed by atoms with van der Waals surface area (Å²) in [6, 6.07) is 10.5. The van der Waals surface area contributed by atoms with Crippen molar-refractivity contribution in [1.29, 1.82) is 0 Å². The molecule has 33 heavy (non-hydrogen) atoms. The Hall–Kier alpha value is -3.40. The van der Waals surface area contributed by atoms with Gasteiger partial charge in [-0.2, -0.15) is 0 Å². The van der Waals surface area contributed by atoms with Gasteiger partial charge in [-0.1, -0.05) is 37.7 Å². The van der Waals surface area contributed by atoms with E-state index in [9.17, 15) is 14.9 Å². The summed E-state index contributed by atoms with van der Waals surface area (Å²) in [7, 11) is 1.83. The fourth-order valence-electron chi connectivity index (χ4n) is 3.20. The van der Waals surface area contributed by atoms with Crippen LogP contribution in [0.1, 0.15) is 42.3 Å². The van der Waals surface area contributed by atoms with Crippen molar-refractivity contribution in [3.8, 4) is 5.75 Å². The molecule has 0 radical (unpaired) electrons. The van der Waals surface area contributed by atoms with Gasteiger partial charge in [-0.05, 0) is 48.6 Å². The van der Waals surface area contributed by atoms with E-state index in [-0.39, 0.29) is 24.0 Å². The van der Waals surface area contributed by atoms with Gasteiger partial charge in [0.1, 0.15) is 12.4 Å². The number of nitrogens with one attached hydrogen (secondary N) is 1. The molecule has 0 atom stereocenters. The van der Waals surface area contributed by atoms with E-state index in [1.807, 2.05) is 20.0 Å². The number of thioether (sulfide) groups is 1. The number of carbonyl (C=O) groups excluding carboxylic acids is 1. The first kappa shape index (κ1) is 24.2. The SMILES string of the molecule is Cc1ccc(C(C)C)c(OCc2nnc(SCC(=O)Nc3ccc([N+](=O)[O-])cc3C)n2C)c1. The van der Waals surface area contributed by atoms with E-state index in [1.54, 1.807) is 11.5 Å². The predicted molar refractivity (Wildman–Crippen MR) is 128 cm³/mol. The number of nitro benzene ring substituents is 1. The van der Waals surface area contributed by atoms with Crippen LogP contribution in [0.4, 0.5) is 11.4 Å². The molecule has 0 aliphatic heterocycles. The van der Waals surface area contributed by atoms with E-state index in [2.05, 4.69) is 41.5 Å². The second-order valence-electron chi connectivity index (χ2n) is 8.04. The van der Waals surface area contributed by atoms with Crippen LogP contribution in [0.3, 0.4) is 0 Å². The van der Waals surface area contributed by atoms with E-state index in [1.165, 1.54) is 30.0 Å². The molecule has 10 heteroatoms. The Kier molecular flexibility index (Phi) is 7.70. The van der Waals surface area contributed by atoms with Gasteiger partial charge in [0.15, 0.2) is 11.0 Å². The zero-order valence-corrected chi connectivity index (χ0v) is 20.1. The molecule has 1 aromatic heterocycles. The fourth-order valence-corrected chi connectivity index (χ4v) is 3.93. The lowest BCUT2D eigenvalue weighted by Gasteiger charge is -2.14. The maximum absolute atomic E-state index is 12.4. The number of amides is 1. The summed E-state index contributed by atoms with van der Waals surface area (Å²) in [5.74, 6) is 1.71. The molecule has 0 saturated heterocycles. The zero-order valence-electron chi connectivity index (χ0n) is 19.3. The van der Waals surface area contributed by atoms with Gasteiger partial charge in [0.2, 0.25) is 5.91 Å². The molecule has 0 fully saturated rings. The first-order valence-electron chi connectivity index (χ1n) is 10.4. The topological polar surface area (TPSA) is 112 Å². The third-order valence-electron chi connectivity index (χ3n) is 5.10. The molecule has 1 heterocycles. The molecule has 9 nitrogen and oxygen atoms in total. The van der Waals surface area contributed by atoms with Crippen molar-refractivity contribution in [2.75, 3.05) is 11.1 Å². The smallest absolute Gasteiger partial charge is 0.269 e. The van der Waals surface area contributed by atoms with E-state index in [0.29, 0.717) is 28.1 Å². The Bertz CT molecular complexity index is 1180. The van der Waals surface area contributed by atoms with Gasteiger partial charge in [-0.15, -0.1) is 10.2 Å². The van der Waals surface area contributed by atoms with Crippen LogP contribution >= 0.6 is 11.8 Å². The molecule has 1 amide bonds. The van der Waals surface area contributed by atoms with Crippen molar-refractivity contribution in [3.63, 3.8) is 0 Å². The lowest BCUT2D eigenvalue weighted by atomic mass is 10.0. The van der Waals surface area contributed by atoms with Crippen LogP contribution in [0.25, 0.3) is 0 Å². The van der Waals surface area contributed by atoms with E-state index < -0.39 is 4.92 Å². The first-order valence-corrected chi connectivity index (χ1v) is 11.4. The number of ether oxygens (including phenoxy) is 1. The third kappa shape index (κ3) is 6.10. The minimum absolute atomic E-state index is 0.0140. The van der Waals surface area contributed by atoms with E-state index in [0.717, 1.165) is 16.9 Å². The number of carbonyl (C=O) groups is 1. The lowest BCUT2D eigenvalue weighted by Crippen LogP contribution is -2.15. The van der Waals surface area contributed by atoms with Crippen molar-refractivity contribution in [3.05, 3.63) is 69.0 Å². The molecule has 0 aliphatic rings. The third-order valence-corrected chi connectivity index (χ3v) is 6.12. The molecule has 0 spiro atoms. The van der Waals surface area contributed by atoms with Gasteiger partial charge < -0.3 is 14.6 Å². The molecule has 1 N–H and O–H groups in total. The van der Waals surface area contributed by atoms with Gasteiger partial charge in [0.25, 0.3) is 5.69 Å². The number of nitro groups is 1. The van der Waals surface area contributed by atoms with Crippen molar-refractivity contribution in [1.82, 2.24) is 14.8 Å². The quantitative estimate of drug-likeness (QED) is 0.273. The zero-order chi connectivity index (χ0) is 24.1. The number of anilines is 1. The Morgan fingerprint density at radius 2 is 1.97 bits per heavy atom. The number of rotatable bonds is 9. The van der Waals surface area contributed by atoms with Crippen LogP contribution in [-0.4, -0.2) is 31.3 Å². The molecule has 0 unspecified atom stereocenters. The molecular formula is C23H27N5O4S. The van der Waals surface area contributed by atoms with Crippen LogP contribution in [0, 0.1) is 24.0 Å². The molecule has 174 valence electrons. The summed E-state index contributed by atoms with van der Waals surface area (Å²) in [4.78, 5) is 22.8. The average Bonchev–Trinajstić information content (AvgIpc) is 3.11. The van der Waals surface area contributed by atoms with Gasteiger partial charge in [-0.3, -0.25) is 14.9 Å². The highest BCUT2D eigenvalue weighted by Gasteiger charge is 2.15. The maximum atomic E-state index is 12.4. The molecule has 3 rings (SSSR count). The minimum atomic E-state index is -0.466. The summed E-state index contributed by atoms with van der Waals surface area (Å²) < 4.78 is 7.85. The highest BCUT2D eigenvalue weighted by atomic mass is 32.2. The first-order chi connectivity index (χ1) is 15.7. The van der Waals surface area contributed by atoms with E-state index >= 15 is 0 Å². The Morgan fingerprint density at radius 1 is 1.21 bits per heavy atom. The summed E-state index contributed by atoms with van der Waals surface area (Å²) in [6.07, 6.45) is 0. The van der Waals surface area contributed by atoms with Crippen LogP contribution in [-0.2, 0) is 18.4 Å². The molecule has 0 saturated carbocycles. The summed E-state index contributed by atoms with van der Waals surface area (Å²) >= 11 is 1.25. The molecule has 2 aromatic carbocycles. The minimum Gasteiger partial charge on any atom is -0.485 e. The van der Waals surface area contributed by atoms with Crippen molar-refractivity contribution >= 4 is 29.0 Å². The molecule has 0 bridgehead atoms. The van der Waals surface area contributed by atoms with Gasteiger partial charge in [-0.25, -0.2) is 0 Å². The van der Waals surface area contributed by atoms with Crippen LogP contribution in [0.2, 0.25) is 0 Å². The standard InChI is InChI=1S/C23H27N5O4S/c1-14(2)18-8-6-15(3)10-20(18)32-12-21-25-26-23(27(21)5)33-13-22(29)24-19-9-7-17(28(30)31)11-16(19)4/h6-11,14H,12-13H2,1-5H3,(H,24,29). The predicted octanol–water partition coefficient (Wildman–Crippen LogP) is 4.77. The van der Waals surface area contributed by atoms with Gasteiger partial charge >= 0.3 is 0 Å². The highest BCUT2D eigenvalue weighted by Crippen LogP contribution is 2.28. The van der Waals surface area contributed by atoms with Gasteiger partial charge in [0, 0.05) is 24.9 Å². The summed E-state index contributed by atoms with van der Waals surface area (Å²) in [6.45, 7) is 8.25. The monoisotopic (exact) mass is 469 g/mol. The molecule has 0 aliphatic carbocycles. The number of hydrogen-bond acceptors (Lipinski definition) is 7. The van der Waals surface area contributed by atoms with Crippen molar-refractivity contribution < 1.29 is 14.5 Å². The largest absolute Gasteiger partial charge is 0.485 e. The summed E-state index contributed by atoms with van der Waals surface area (Å²) in [5.41, 5.74) is 3.41. The Morgan fingerprint density at radius 3 is 2.64 bits per heavy atom. The fraction of sp³-hybridized carbons (Fsp3) is 0.348.